The molecule has 2 heterocycles. The number of rotatable bonds is 6. The van der Waals surface area contributed by atoms with Crippen LogP contribution in [0.1, 0.15) is 12.5 Å². The fourth-order valence-corrected chi connectivity index (χ4v) is 2.60. The van der Waals surface area contributed by atoms with Gasteiger partial charge in [-0.05, 0) is 49.7 Å². The third-order valence-corrected chi connectivity index (χ3v) is 4.62. The Morgan fingerprint density at radius 2 is 1.96 bits per heavy atom. The molecule has 0 bridgehead atoms. The molecule has 2 aromatic heterocycles. The minimum absolute atomic E-state index is 0.00809. The number of halogens is 1. The average Bonchev–Trinajstić information content (AvgIpc) is 2.65. The molecule has 0 radical (unpaired) electrons. The largest absolute Gasteiger partial charge is 0.394 e. The summed E-state index contributed by atoms with van der Waals surface area (Å²) < 4.78 is 1.05. The molecule has 0 unspecified atom stereocenters. The Morgan fingerprint density at radius 3 is 2.65 bits per heavy atom. The van der Waals surface area contributed by atoms with Crippen molar-refractivity contribution in [3.8, 4) is 11.4 Å². The predicted molar refractivity (Wildman–Crippen MR) is 108 cm³/mol. The first-order valence-electron chi connectivity index (χ1n) is 8.26. The normalized spacial score (nSPS) is 11.8. The van der Waals surface area contributed by atoms with Gasteiger partial charge in [0.05, 0.1) is 18.0 Å². The molecule has 0 aliphatic rings. The van der Waals surface area contributed by atoms with Crippen LogP contribution in [0, 0.1) is 6.92 Å². The molecule has 3 N–H and O–H groups in total. The number of nitrogens with zero attached hydrogens (tertiary/aromatic N) is 3. The molecule has 0 fully saturated rings. The molecule has 3 rings (SSSR count). The van der Waals surface area contributed by atoms with E-state index in [1.54, 1.807) is 6.20 Å². The quantitative estimate of drug-likeness (QED) is 0.562. The van der Waals surface area contributed by atoms with Gasteiger partial charge in [-0.1, -0.05) is 22.0 Å². The maximum Gasteiger partial charge on any atom is 0.225 e. The summed E-state index contributed by atoms with van der Waals surface area (Å²) in [6.07, 6.45) is 1.73. The van der Waals surface area contributed by atoms with Crippen molar-refractivity contribution in [3.05, 3.63) is 58.7 Å². The zero-order valence-electron chi connectivity index (χ0n) is 14.6. The summed E-state index contributed by atoms with van der Waals surface area (Å²) >= 11 is 3.51. The molecule has 1 aromatic carbocycles. The molecule has 0 spiro atoms. The van der Waals surface area contributed by atoms with E-state index in [1.165, 1.54) is 0 Å². The summed E-state index contributed by atoms with van der Waals surface area (Å²) in [4.78, 5) is 13.4. The van der Waals surface area contributed by atoms with Gasteiger partial charge in [0, 0.05) is 28.5 Å². The highest BCUT2D eigenvalue weighted by molar-refractivity contribution is 9.10. The number of hydrogen-bond donors (Lipinski definition) is 3. The molecule has 6 nitrogen and oxygen atoms in total. The minimum Gasteiger partial charge on any atom is -0.394 e. The van der Waals surface area contributed by atoms with Gasteiger partial charge in [0.2, 0.25) is 5.95 Å². The summed E-state index contributed by atoms with van der Waals surface area (Å²) in [5, 5.41) is 15.7. The minimum atomic E-state index is -0.156. The van der Waals surface area contributed by atoms with E-state index in [2.05, 4.69) is 41.5 Å². The van der Waals surface area contributed by atoms with Crippen molar-refractivity contribution in [2.75, 3.05) is 17.2 Å². The predicted octanol–water partition coefficient (Wildman–Crippen LogP) is 4.15. The summed E-state index contributed by atoms with van der Waals surface area (Å²) in [7, 11) is 0. The molecule has 0 aliphatic carbocycles. The lowest BCUT2D eigenvalue weighted by atomic mass is 10.2. The van der Waals surface area contributed by atoms with Crippen molar-refractivity contribution in [3.63, 3.8) is 0 Å². The van der Waals surface area contributed by atoms with E-state index in [9.17, 15) is 5.11 Å². The number of pyridine rings is 1. The first-order chi connectivity index (χ1) is 12.5. The zero-order chi connectivity index (χ0) is 18.5. The van der Waals surface area contributed by atoms with Gasteiger partial charge in [-0.2, -0.15) is 4.98 Å². The van der Waals surface area contributed by atoms with E-state index in [4.69, 9.17) is 0 Å². The molecule has 26 heavy (non-hydrogen) atoms. The maximum atomic E-state index is 9.29. The van der Waals surface area contributed by atoms with Crippen LogP contribution in [0.15, 0.2) is 53.1 Å². The van der Waals surface area contributed by atoms with Crippen LogP contribution in [0.25, 0.3) is 11.4 Å². The summed E-state index contributed by atoms with van der Waals surface area (Å²) in [5.41, 5.74) is 3.51. The van der Waals surface area contributed by atoms with E-state index in [0.717, 1.165) is 21.4 Å². The van der Waals surface area contributed by atoms with Crippen molar-refractivity contribution >= 4 is 33.4 Å². The molecular formula is C19H20BrN5O. The van der Waals surface area contributed by atoms with E-state index >= 15 is 0 Å². The first kappa shape index (κ1) is 18.3. The molecule has 3 aromatic rings. The number of nitrogens with one attached hydrogen (secondary N) is 2. The molecule has 7 heteroatoms. The van der Waals surface area contributed by atoms with Gasteiger partial charge in [-0.3, -0.25) is 4.98 Å². The van der Waals surface area contributed by atoms with Crippen LogP contribution in [0.4, 0.5) is 17.5 Å². The Hall–Kier alpha value is -2.51. The van der Waals surface area contributed by atoms with Gasteiger partial charge in [-0.15, -0.1) is 0 Å². The number of aliphatic hydroxyl groups is 1. The van der Waals surface area contributed by atoms with Gasteiger partial charge in [0.25, 0.3) is 0 Å². The number of benzene rings is 1. The fraction of sp³-hybridized carbons (Fsp3) is 0.211. The van der Waals surface area contributed by atoms with Gasteiger partial charge < -0.3 is 15.7 Å². The van der Waals surface area contributed by atoms with Crippen LogP contribution < -0.4 is 10.6 Å². The molecule has 0 amide bonds. The number of aliphatic hydroxyl groups excluding tert-OH is 1. The van der Waals surface area contributed by atoms with Gasteiger partial charge in [-0.25, -0.2) is 4.98 Å². The van der Waals surface area contributed by atoms with E-state index in [-0.39, 0.29) is 12.6 Å². The highest BCUT2D eigenvalue weighted by atomic mass is 79.9. The number of aryl methyl sites for hydroxylation is 1. The Labute approximate surface area is 160 Å². The Kier molecular flexibility index (Phi) is 5.80. The molecule has 134 valence electrons. The Bertz CT molecular complexity index is 888. The van der Waals surface area contributed by atoms with Gasteiger partial charge in [0.1, 0.15) is 5.82 Å². The smallest absolute Gasteiger partial charge is 0.225 e. The summed E-state index contributed by atoms with van der Waals surface area (Å²) in [6.45, 7) is 3.89. The van der Waals surface area contributed by atoms with Crippen LogP contribution in [0.2, 0.25) is 0 Å². The Balaban J connectivity index is 1.97. The van der Waals surface area contributed by atoms with Crippen molar-refractivity contribution < 1.29 is 5.11 Å². The van der Waals surface area contributed by atoms with Crippen LogP contribution in [-0.4, -0.2) is 32.7 Å². The zero-order valence-corrected chi connectivity index (χ0v) is 16.2. The fourth-order valence-electron chi connectivity index (χ4n) is 2.36. The lowest BCUT2D eigenvalue weighted by molar-refractivity contribution is 0.281. The second kappa shape index (κ2) is 8.25. The first-order valence-corrected chi connectivity index (χ1v) is 9.05. The SMILES string of the molecule is Cc1cc(Nc2cc(-c3ccccn3)nc(N[C@H](C)CO)n2)ccc1Br. The van der Waals surface area contributed by atoms with Crippen molar-refractivity contribution in [1.82, 2.24) is 15.0 Å². The number of aromatic nitrogens is 3. The van der Waals surface area contributed by atoms with E-state index in [1.807, 2.05) is 56.3 Å². The molecule has 0 saturated carbocycles. The molecule has 1 atom stereocenters. The standard InChI is InChI=1S/C19H20BrN5O/c1-12-9-14(6-7-15(12)20)23-18-10-17(16-5-3-4-8-21-16)24-19(25-18)22-13(2)11-26/h3-10,13,26H,11H2,1-2H3,(H2,22,23,24,25)/t13-/m1/s1. The van der Waals surface area contributed by atoms with E-state index < -0.39 is 0 Å². The second-order valence-electron chi connectivity index (χ2n) is 5.99. The highest BCUT2D eigenvalue weighted by Gasteiger charge is 2.10. The third kappa shape index (κ3) is 4.56. The highest BCUT2D eigenvalue weighted by Crippen LogP contribution is 2.25. The number of anilines is 3. The molecular weight excluding hydrogens is 394 g/mol. The monoisotopic (exact) mass is 413 g/mol. The Morgan fingerprint density at radius 1 is 1.12 bits per heavy atom. The average molecular weight is 414 g/mol. The second-order valence-corrected chi connectivity index (χ2v) is 6.85. The third-order valence-electron chi connectivity index (χ3n) is 3.73. The lowest BCUT2D eigenvalue weighted by Gasteiger charge is -2.14. The van der Waals surface area contributed by atoms with Crippen molar-refractivity contribution in [1.29, 1.82) is 0 Å². The lowest BCUT2D eigenvalue weighted by Crippen LogP contribution is -2.21. The van der Waals surface area contributed by atoms with Crippen molar-refractivity contribution in [2.45, 2.75) is 19.9 Å². The van der Waals surface area contributed by atoms with Gasteiger partial charge in [0.15, 0.2) is 0 Å². The topological polar surface area (TPSA) is 83.0 Å². The molecule has 0 aliphatic heterocycles. The van der Waals surface area contributed by atoms with Gasteiger partial charge >= 0.3 is 0 Å². The summed E-state index contributed by atoms with van der Waals surface area (Å²) in [5.74, 6) is 1.08. The maximum absolute atomic E-state index is 9.29. The van der Waals surface area contributed by atoms with E-state index in [0.29, 0.717) is 17.5 Å². The molecule has 0 saturated heterocycles. The van der Waals surface area contributed by atoms with Crippen LogP contribution in [0.3, 0.4) is 0 Å². The summed E-state index contributed by atoms with van der Waals surface area (Å²) in [6, 6.07) is 13.4. The number of hydrogen-bond acceptors (Lipinski definition) is 6. The van der Waals surface area contributed by atoms with Crippen LogP contribution >= 0.6 is 15.9 Å². The van der Waals surface area contributed by atoms with Crippen LogP contribution in [-0.2, 0) is 0 Å². The van der Waals surface area contributed by atoms with Crippen LogP contribution in [0.5, 0.6) is 0 Å². The van der Waals surface area contributed by atoms with Crippen molar-refractivity contribution in [2.24, 2.45) is 0 Å².